The normalized spacial score (nSPS) is 9.65. The van der Waals surface area contributed by atoms with Gasteiger partial charge in [0.15, 0.2) is 5.11 Å². The van der Waals surface area contributed by atoms with Gasteiger partial charge < -0.3 is 10.6 Å². The minimum absolute atomic E-state index is 0.0698. The van der Waals surface area contributed by atoms with Crippen LogP contribution in [0, 0.1) is 23.0 Å². The number of thiocarbonyl (C=S) groups is 1. The highest BCUT2D eigenvalue weighted by Crippen LogP contribution is 2.16. The summed E-state index contributed by atoms with van der Waals surface area (Å²) in [5, 5.41) is 14.4. The molecule has 0 saturated heterocycles. The van der Waals surface area contributed by atoms with Gasteiger partial charge in [-0.25, -0.2) is 8.78 Å². The molecule has 20 heavy (non-hydrogen) atoms. The lowest BCUT2D eigenvalue weighted by Gasteiger charge is -2.11. The summed E-state index contributed by atoms with van der Waals surface area (Å²) >= 11 is 5.02. The molecule has 0 fully saturated rings. The molecule has 0 unspecified atom stereocenters. The zero-order valence-electron chi connectivity index (χ0n) is 10.2. The maximum absolute atomic E-state index is 13.4. The third-order valence-corrected chi connectivity index (χ3v) is 2.63. The Kier molecular flexibility index (Phi) is 4.23. The van der Waals surface area contributed by atoms with Crippen molar-refractivity contribution in [3.8, 4) is 6.07 Å². The highest BCUT2D eigenvalue weighted by molar-refractivity contribution is 7.80. The Labute approximate surface area is 119 Å². The van der Waals surface area contributed by atoms with Gasteiger partial charge in [-0.15, -0.1) is 0 Å². The zero-order chi connectivity index (χ0) is 14.5. The summed E-state index contributed by atoms with van der Waals surface area (Å²) in [6.45, 7) is 0. The molecule has 0 bridgehead atoms. The van der Waals surface area contributed by atoms with Gasteiger partial charge in [0.05, 0.1) is 17.3 Å². The lowest BCUT2D eigenvalue weighted by molar-refractivity contribution is 0.586. The van der Waals surface area contributed by atoms with Gasteiger partial charge in [0.25, 0.3) is 0 Å². The lowest BCUT2D eigenvalue weighted by Crippen LogP contribution is -2.19. The minimum Gasteiger partial charge on any atom is -0.332 e. The average Bonchev–Trinajstić information content (AvgIpc) is 2.42. The minimum atomic E-state index is -0.736. The molecule has 0 aliphatic rings. The Morgan fingerprint density at radius 1 is 1.10 bits per heavy atom. The van der Waals surface area contributed by atoms with Crippen LogP contribution >= 0.6 is 12.2 Å². The first-order chi connectivity index (χ1) is 9.58. The number of nitrogens with one attached hydrogen (secondary N) is 2. The van der Waals surface area contributed by atoms with Crippen molar-refractivity contribution in [3.05, 3.63) is 59.7 Å². The molecule has 3 nitrogen and oxygen atoms in total. The third kappa shape index (κ3) is 3.49. The summed E-state index contributed by atoms with van der Waals surface area (Å²) in [7, 11) is 0. The summed E-state index contributed by atoms with van der Waals surface area (Å²) in [6, 6.07) is 11.8. The van der Waals surface area contributed by atoms with E-state index in [1.807, 2.05) is 6.07 Å². The maximum atomic E-state index is 13.4. The van der Waals surface area contributed by atoms with Crippen LogP contribution < -0.4 is 10.6 Å². The fourth-order valence-corrected chi connectivity index (χ4v) is 1.77. The Bertz CT molecular complexity index is 695. The Balaban J connectivity index is 2.07. The molecule has 0 aliphatic heterocycles. The summed E-state index contributed by atoms with van der Waals surface area (Å²) in [4.78, 5) is 0. The molecule has 0 radical (unpaired) electrons. The summed E-state index contributed by atoms with van der Waals surface area (Å²) in [5.41, 5.74) is 1.15. The first kappa shape index (κ1) is 13.9. The molecule has 2 aromatic rings. The number of halogens is 2. The van der Waals surface area contributed by atoms with Gasteiger partial charge in [0, 0.05) is 11.8 Å². The van der Waals surface area contributed by atoms with Crippen molar-refractivity contribution in [3.63, 3.8) is 0 Å². The predicted octanol–water partition coefficient (Wildman–Crippen LogP) is 3.65. The van der Waals surface area contributed by atoms with E-state index in [-0.39, 0.29) is 10.8 Å². The number of benzene rings is 2. The summed E-state index contributed by atoms with van der Waals surface area (Å²) in [5.74, 6) is -1.39. The molecule has 0 spiro atoms. The van der Waals surface area contributed by atoms with Gasteiger partial charge in [-0.1, -0.05) is 6.07 Å². The van der Waals surface area contributed by atoms with E-state index in [1.54, 1.807) is 24.3 Å². The fourth-order valence-electron chi connectivity index (χ4n) is 1.54. The van der Waals surface area contributed by atoms with E-state index in [4.69, 9.17) is 17.5 Å². The van der Waals surface area contributed by atoms with Gasteiger partial charge in [0.2, 0.25) is 0 Å². The van der Waals surface area contributed by atoms with Gasteiger partial charge in [0.1, 0.15) is 11.6 Å². The predicted molar refractivity (Wildman–Crippen MR) is 77.4 cm³/mol. The topological polar surface area (TPSA) is 47.9 Å². The van der Waals surface area contributed by atoms with Crippen molar-refractivity contribution >= 4 is 28.7 Å². The number of hydrogen-bond acceptors (Lipinski definition) is 2. The van der Waals surface area contributed by atoms with Crippen molar-refractivity contribution in [2.45, 2.75) is 0 Å². The molecule has 0 aliphatic carbocycles. The standard InChI is InChI=1S/C14H9F2N3S/c15-10-4-5-13(12(16)7-10)19-14(20)18-11-3-1-2-9(6-11)8-17/h1-7H,(H2,18,19,20). The second-order valence-electron chi connectivity index (χ2n) is 3.90. The molecule has 100 valence electrons. The Morgan fingerprint density at radius 2 is 1.90 bits per heavy atom. The van der Waals surface area contributed by atoms with Crippen LogP contribution in [0.15, 0.2) is 42.5 Å². The highest BCUT2D eigenvalue weighted by atomic mass is 32.1. The van der Waals surface area contributed by atoms with Gasteiger partial charge in [-0.2, -0.15) is 5.26 Å². The molecular formula is C14H9F2N3S. The highest BCUT2D eigenvalue weighted by Gasteiger charge is 2.06. The number of hydrogen-bond donors (Lipinski definition) is 2. The van der Waals surface area contributed by atoms with E-state index in [0.717, 1.165) is 12.1 Å². The van der Waals surface area contributed by atoms with Gasteiger partial charge >= 0.3 is 0 Å². The summed E-state index contributed by atoms with van der Waals surface area (Å²) < 4.78 is 26.2. The van der Waals surface area contributed by atoms with Crippen LogP contribution in [0.25, 0.3) is 0 Å². The molecule has 2 N–H and O–H groups in total. The van der Waals surface area contributed by atoms with Crippen LogP contribution in [0.5, 0.6) is 0 Å². The first-order valence-corrected chi connectivity index (χ1v) is 6.02. The van der Waals surface area contributed by atoms with Crippen molar-refractivity contribution in [2.24, 2.45) is 0 Å². The van der Waals surface area contributed by atoms with Crippen LogP contribution in [-0.4, -0.2) is 5.11 Å². The fraction of sp³-hybridized carbons (Fsp3) is 0. The second-order valence-corrected chi connectivity index (χ2v) is 4.30. The molecular weight excluding hydrogens is 280 g/mol. The number of nitriles is 1. The van der Waals surface area contributed by atoms with Crippen LogP contribution in [-0.2, 0) is 0 Å². The second kappa shape index (κ2) is 6.08. The van der Waals surface area contributed by atoms with Crippen LogP contribution in [0.3, 0.4) is 0 Å². The molecule has 0 saturated carbocycles. The van der Waals surface area contributed by atoms with Crippen LogP contribution in [0.2, 0.25) is 0 Å². The molecule has 2 aromatic carbocycles. The SMILES string of the molecule is N#Cc1cccc(NC(=S)Nc2ccc(F)cc2F)c1. The van der Waals surface area contributed by atoms with E-state index in [0.29, 0.717) is 11.3 Å². The van der Waals surface area contributed by atoms with E-state index < -0.39 is 11.6 Å². The van der Waals surface area contributed by atoms with Gasteiger partial charge in [-0.05, 0) is 42.5 Å². The maximum Gasteiger partial charge on any atom is 0.175 e. The molecule has 0 amide bonds. The van der Waals surface area contributed by atoms with Crippen LogP contribution in [0.4, 0.5) is 20.2 Å². The zero-order valence-corrected chi connectivity index (χ0v) is 11.0. The van der Waals surface area contributed by atoms with Crippen molar-refractivity contribution < 1.29 is 8.78 Å². The van der Waals surface area contributed by atoms with E-state index >= 15 is 0 Å². The van der Waals surface area contributed by atoms with E-state index in [1.165, 1.54) is 6.07 Å². The van der Waals surface area contributed by atoms with Crippen molar-refractivity contribution in [1.82, 2.24) is 0 Å². The molecule has 2 rings (SSSR count). The molecule has 0 aromatic heterocycles. The quantitative estimate of drug-likeness (QED) is 0.829. The Morgan fingerprint density at radius 3 is 2.60 bits per heavy atom. The Hall–Kier alpha value is -2.52. The smallest absolute Gasteiger partial charge is 0.175 e. The molecule has 0 atom stereocenters. The average molecular weight is 289 g/mol. The number of anilines is 2. The van der Waals surface area contributed by atoms with Crippen molar-refractivity contribution in [2.75, 3.05) is 10.6 Å². The number of rotatable bonds is 2. The van der Waals surface area contributed by atoms with E-state index in [2.05, 4.69) is 10.6 Å². The lowest BCUT2D eigenvalue weighted by atomic mass is 10.2. The van der Waals surface area contributed by atoms with Crippen molar-refractivity contribution in [1.29, 1.82) is 5.26 Å². The monoisotopic (exact) mass is 289 g/mol. The third-order valence-electron chi connectivity index (χ3n) is 2.43. The first-order valence-electron chi connectivity index (χ1n) is 5.62. The number of nitrogens with zero attached hydrogens (tertiary/aromatic N) is 1. The van der Waals surface area contributed by atoms with Crippen LogP contribution in [0.1, 0.15) is 5.56 Å². The van der Waals surface area contributed by atoms with Gasteiger partial charge in [-0.3, -0.25) is 0 Å². The molecule has 6 heteroatoms. The summed E-state index contributed by atoms with van der Waals surface area (Å²) in [6.07, 6.45) is 0. The largest absolute Gasteiger partial charge is 0.332 e. The van der Waals surface area contributed by atoms with E-state index in [9.17, 15) is 8.78 Å². The molecule has 0 heterocycles.